The van der Waals surface area contributed by atoms with E-state index in [1.54, 1.807) is 30.3 Å². The summed E-state index contributed by atoms with van der Waals surface area (Å²) in [6.45, 7) is 0. The van der Waals surface area contributed by atoms with E-state index >= 15 is 0 Å². The van der Waals surface area contributed by atoms with Crippen molar-refractivity contribution in [2.75, 3.05) is 0 Å². The van der Waals surface area contributed by atoms with Crippen LogP contribution in [-0.2, 0) is 0 Å². The minimum atomic E-state index is 0.365. The molecule has 17 heavy (non-hydrogen) atoms. The Hall–Kier alpha value is -2.18. The van der Waals surface area contributed by atoms with E-state index in [1.165, 1.54) is 6.20 Å². The van der Waals surface area contributed by atoms with Gasteiger partial charge >= 0.3 is 0 Å². The van der Waals surface area contributed by atoms with E-state index in [2.05, 4.69) is 4.98 Å². The lowest BCUT2D eigenvalue weighted by molar-refractivity contribution is 0.112. The molecule has 0 aliphatic heterocycles. The average Bonchev–Trinajstić information content (AvgIpc) is 2.39. The standard InChI is InChI=1S/C13H7ClN2O/c14-12-5-13(16-7-11(12)8-17)10-3-1-9(6-15)2-4-10/h1-5,7-8H. The first-order valence-electron chi connectivity index (χ1n) is 4.86. The van der Waals surface area contributed by atoms with E-state index in [4.69, 9.17) is 16.9 Å². The smallest absolute Gasteiger partial charge is 0.153 e. The molecule has 0 aliphatic carbocycles. The van der Waals surface area contributed by atoms with Gasteiger partial charge in [0.15, 0.2) is 6.29 Å². The summed E-state index contributed by atoms with van der Waals surface area (Å²) in [5.74, 6) is 0. The van der Waals surface area contributed by atoms with Crippen LogP contribution in [-0.4, -0.2) is 11.3 Å². The van der Waals surface area contributed by atoms with Gasteiger partial charge in [0.25, 0.3) is 0 Å². The van der Waals surface area contributed by atoms with Crippen molar-refractivity contribution < 1.29 is 4.79 Å². The minimum absolute atomic E-state index is 0.365. The topological polar surface area (TPSA) is 53.8 Å². The Bertz CT molecular complexity index is 600. The number of halogens is 1. The van der Waals surface area contributed by atoms with Crippen LogP contribution in [0.5, 0.6) is 0 Å². The highest BCUT2D eigenvalue weighted by atomic mass is 35.5. The van der Waals surface area contributed by atoms with Crippen LogP contribution < -0.4 is 0 Å². The number of hydrogen-bond donors (Lipinski definition) is 0. The first kappa shape index (κ1) is 11.3. The number of benzene rings is 1. The maximum absolute atomic E-state index is 10.6. The number of carbonyl (C=O) groups excluding carboxylic acids is 1. The Morgan fingerprint density at radius 3 is 2.53 bits per heavy atom. The average molecular weight is 243 g/mol. The summed E-state index contributed by atoms with van der Waals surface area (Å²) in [4.78, 5) is 14.7. The molecule has 0 aliphatic rings. The van der Waals surface area contributed by atoms with E-state index in [9.17, 15) is 4.79 Å². The number of aromatic nitrogens is 1. The lowest BCUT2D eigenvalue weighted by Gasteiger charge is -2.02. The van der Waals surface area contributed by atoms with Gasteiger partial charge < -0.3 is 0 Å². The molecular weight excluding hydrogens is 236 g/mol. The van der Waals surface area contributed by atoms with Crippen LogP contribution in [0.4, 0.5) is 0 Å². The van der Waals surface area contributed by atoms with Gasteiger partial charge in [-0.1, -0.05) is 23.7 Å². The van der Waals surface area contributed by atoms with Crippen LogP contribution in [0.25, 0.3) is 11.3 Å². The fourth-order valence-electron chi connectivity index (χ4n) is 1.40. The highest BCUT2D eigenvalue weighted by molar-refractivity contribution is 6.33. The predicted octanol–water partition coefficient (Wildman–Crippen LogP) is 3.09. The van der Waals surface area contributed by atoms with E-state index in [0.29, 0.717) is 28.1 Å². The molecule has 1 aromatic heterocycles. The predicted molar refractivity (Wildman–Crippen MR) is 64.8 cm³/mol. The molecule has 0 radical (unpaired) electrons. The lowest BCUT2D eigenvalue weighted by Crippen LogP contribution is -1.88. The fourth-order valence-corrected chi connectivity index (χ4v) is 1.60. The SMILES string of the molecule is N#Cc1ccc(-c2cc(Cl)c(C=O)cn2)cc1. The van der Waals surface area contributed by atoms with Crippen LogP contribution in [0.2, 0.25) is 5.02 Å². The van der Waals surface area contributed by atoms with Crippen LogP contribution in [0.15, 0.2) is 36.5 Å². The monoisotopic (exact) mass is 242 g/mol. The molecular formula is C13H7ClN2O. The molecule has 2 rings (SSSR count). The molecule has 0 saturated carbocycles. The van der Waals surface area contributed by atoms with Crippen molar-refractivity contribution in [2.24, 2.45) is 0 Å². The first-order valence-corrected chi connectivity index (χ1v) is 5.23. The number of nitrogens with zero attached hydrogens (tertiary/aromatic N) is 2. The summed E-state index contributed by atoms with van der Waals surface area (Å²) in [6.07, 6.45) is 2.10. The Morgan fingerprint density at radius 1 is 1.29 bits per heavy atom. The van der Waals surface area contributed by atoms with Gasteiger partial charge in [0.2, 0.25) is 0 Å². The van der Waals surface area contributed by atoms with Crippen molar-refractivity contribution in [1.82, 2.24) is 4.98 Å². The number of aldehydes is 1. The third-order valence-corrected chi connectivity index (χ3v) is 2.65. The van der Waals surface area contributed by atoms with Gasteiger partial charge in [-0.05, 0) is 18.2 Å². The van der Waals surface area contributed by atoms with Crippen molar-refractivity contribution in [1.29, 1.82) is 5.26 Å². The maximum Gasteiger partial charge on any atom is 0.153 e. The van der Waals surface area contributed by atoms with Gasteiger partial charge in [0.1, 0.15) is 0 Å². The Morgan fingerprint density at radius 2 is 2.00 bits per heavy atom. The number of rotatable bonds is 2. The second kappa shape index (κ2) is 4.77. The van der Waals surface area contributed by atoms with Gasteiger partial charge in [0, 0.05) is 11.8 Å². The second-order valence-corrected chi connectivity index (χ2v) is 3.81. The maximum atomic E-state index is 10.6. The van der Waals surface area contributed by atoms with Crippen molar-refractivity contribution in [3.05, 3.63) is 52.7 Å². The summed E-state index contributed by atoms with van der Waals surface area (Å²) in [5, 5.41) is 9.06. The van der Waals surface area contributed by atoms with Crippen LogP contribution in [0.1, 0.15) is 15.9 Å². The number of hydrogen-bond acceptors (Lipinski definition) is 3. The third kappa shape index (κ3) is 2.32. The Balaban J connectivity index is 2.43. The normalized spacial score (nSPS) is 9.65. The molecule has 0 saturated heterocycles. The second-order valence-electron chi connectivity index (χ2n) is 3.40. The summed E-state index contributed by atoms with van der Waals surface area (Å²) in [7, 11) is 0. The number of nitriles is 1. The van der Waals surface area contributed by atoms with Gasteiger partial charge in [-0.2, -0.15) is 5.26 Å². The van der Waals surface area contributed by atoms with E-state index in [1.807, 2.05) is 6.07 Å². The van der Waals surface area contributed by atoms with Crippen LogP contribution >= 0.6 is 11.6 Å². The Labute approximate surface area is 103 Å². The molecule has 1 heterocycles. The third-order valence-electron chi connectivity index (χ3n) is 2.32. The largest absolute Gasteiger partial charge is 0.298 e. The van der Waals surface area contributed by atoms with E-state index < -0.39 is 0 Å². The first-order chi connectivity index (χ1) is 8.24. The molecule has 0 bridgehead atoms. The highest BCUT2D eigenvalue weighted by Crippen LogP contribution is 2.22. The summed E-state index contributed by atoms with van der Waals surface area (Å²) in [6, 6.07) is 10.7. The number of carbonyl (C=O) groups is 1. The molecule has 82 valence electrons. The van der Waals surface area contributed by atoms with Gasteiger partial charge in [0.05, 0.1) is 27.9 Å². The zero-order valence-electron chi connectivity index (χ0n) is 8.72. The van der Waals surface area contributed by atoms with Crippen molar-refractivity contribution in [2.45, 2.75) is 0 Å². The molecule has 2 aromatic rings. The fraction of sp³-hybridized carbons (Fsp3) is 0. The van der Waals surface area contributed by atoms with Crippen LogP contribution in [0, 0.1) is 11.3 Å². The molecule has 0 fully saturated rings. The molecule has 3 nitrogen and oxygen atoms in total. The zero-order chi connectivity index (χ0) is 12.3. The van der Waals surface area contributed by atoms with E-state index in [-0.39, 0.29) is 0 Å². The molecule has 0 atom stereocenters. The molecule has 0 N–H and O–H groups in total. The van der Waals surface area contributed by atoms with Crippen LogP contribution in [0.3, 0.4) is 0 Å². The molecule has 1 aromatic carbocycles. The minimum Gasteiger partial charge on any atom is -0.298 e. The van der Waals surface area contributed by atoms with Gasteiger partial charge in [-0.15, -0.1) is 0 Å². The van der Waals surface area contributed by atoms with Crippen molar-refractivity contribution in [3.63, 3.8) is 0 Å². The molecule has 0 spiro atoms. The van der Waals surface area contributed by atoms with Crippen molar-refractivity contribution >= 4 is 17.9 Å². The summed E-state index contributed by atoms with van der Waals surface area (Å²) >= 11 is 5.91. The summed E-state index contributed by atoms with van der Waals surface area (Å²) < 4.78 is 0. The van der Waals surface area contributed by atoms with Crippen molar-refractivity contribution in [3.8, 4) is 17.3 Å². The Kier molecular flexibility index (Phi) is 3.17. The number of pyridine rings is 1. The highest BCUT2D eigenvalue weighted by Gasteiger charge is 2.04. The van der Waals surface area contributed by atoms with E-state index in [0.717, 1.165) is 5.56 Å². The van der Waals surface area contributed by atoms with Gasteiger partial charge in [-0.25, -0.2) is 0 Å². The molecule has 4 heteroatoms. The zero-order valence-corrected chi connectivity index (χ0v) is 9.48. The quantitative estimate of drug-likeness (QED) is 0.761. The van der Waals surface area contributed by atoms with Gasteiger partial charge in [-0.3, -0.25) is 9.78 Å². The molecule has 0 unspecified atom stereocenters. The summed E-state index contributed by atoms with van der Waals surface area (Å²) in [5.41, 5.74) is 2.47. The lowest BCUT2D eigenvalue weighted by atomic mass is 10.1. The molecule has 0 amide bonds.